The van der Waals surface area contributed by atoms with Gasteiger partial charge in [0.2, 0.25) is 5.91 Å². The molecule has 1 fully saturated rings. The monoisotopic (exact) mass is 478 g/mol. The van der Waals surface area contributed by atoms with Crippen molar-refractivity contribution in [3.63, 3.8) is 0 Å². The van der Waals surface area contributed by atoms with Crippen molar-refractivity contribution in [3.8, 4) is 11.1 Å². The predicted molar refractivity (Wildman–Crippen MR) is 133 cm³/mol. The minimum Gasteiger partial charge on any atom is -0.480 e. The second-order valence-corrected chi connectivity index (χ2v) is 10.1. The van der Waals surface area contributed by atoms with Crippen LogP contribution in [0.25, 0.3) is 11.1 Å². The number of hydrogen-bond acceptors (Lipinski definition) is 4. The molecular formula is C28H34N2O5. The normalized spacial score (nSPS) is 19.7. The summed E-state index contributed by atoms with van der Waals surface area (Å²) >= 11 is 0. The molecular weight excluding hydrogens is 444 g/mol. The number of ether oxygens (including phenoxy) is 1. The Morgan fingerprint density at radius 1 is 0.971 bits per heavy atom. The lowest BCUT2D eigenvalue weighted by Crippen LogP contribution is -2.55. The molecule has 2 aliphatic carbocycles. The third-order valence-corrected chi connectivity index (χ3v) is 7.67. The first kappa shape index (κ1) is 24.8. The molecule has 2 aromatic carbocycles. The maximum Gasteiger partial charge on any atom is 0.407 e. The van der Waals surface area contributed by atoms with Crippen LogP contribution in [-0.2, 0) is 14.3 Å². The van der Waals surface area contributed by atoms with Crippen LogP contribution in [0, 0.1) is 5.92 Å². The third kappa shape index (κ3) is 4.90. The second kappa shape index (κ2) is 10.1. The minimum absolute atomic E-state index is 0.0396. The van der Waals surface area contributed by atoms with Crippen molar-refractivity contribution >= 4 is 18.0 Å². The maximum atomic E-state index is 13.3. The number of rotatable bonds is 6. The lowest BCUT2D eigenvalue weighted by atomic mass is 9.91. The Morgan fingerprint density at radius 2 is 1.54 bits per heavy atom. The van der Waals surface area contributed by atoms with E-state index >= 15 is 0 Å². The summed E-state index contributed by atoms with van der Waals surface area (Å²) in [6.07, 6.45) is 3.44. The summed E-state index contributed by atoms with van der Waals surface area (Å²) in [6, 6.07) is 15.9. The molecule has 2 N–H and O–H groups in total. The molecule has 2 aromatic rings. The fraction of sp³-hybridized carbons (Fsp3) is 0.464. The third-order valence-electron chi connectivity index (χ3n) is 7.67. The molecule has 0 unspecified atom stereocenters. The van der Waals surface area contributed by atoms with E-state index in [1.807, 2.05) is 24.3 Å². The van der Waals surface area contributed by atoms with Crippen LogP contribution in [-0.4, -0.2) is 53.2 Å². The zero-order chi connectivity index (χ0) is 25.2. The number of carboxylic acid groups (broad SMARTS) is 1. The molecule has 0 aliphatic heterocycles. The van der Waals surface area contributed by atoms with Gasteiger partial charge in [-0.15, -0.1) is 0 Å². The fourth-order valence-corrected chi connectivity index (χ4v) is 5.24. The molecule has 186 valence electrons. The number of fused-ring (bicyclic) bond motifs is 3. The number of hydrogen-bond donors (Lipinski definition) is 2. The van der Waals surface area contributed by atoms with Gasteiger partial charge < -0.3 is 20.1 Å². The van der Waals surface area contributed by atoms with Crippen molar-refractivity contribution in [1.82, 2.24) is 10.2 Å². The summed E-state index contributed by atoms with van der Waals surface area (Å²) in [5.41, 5.74) is 3.27. The highest BCUT2D eigenvalue weighted by Crippen LogP contribution is 2.44. The van der Waals surface area contributed by atoms with Crippen LogP contribution in [0.15, 0.2) is 48.5 Å². The molecule has 0 heterocycles. The van der Waals surface area contributed by atoms with E-state index in [2.05, 4.69) is 29.6 Å². The topological polar surface area (TPSA) is 95.9 Å². The number of aliphatic carboxylic acids is 1. The molecule has 2 amide bonds. The summed E-state index contributed by atoms with van der Waals surface area (Å²) in [5, 5.41) is 12.5. The Morgan fingerprint density at radius 3 is 2.14 bits per heavy atom. The number of nitrogens with zero attached hydrogens (tertiary/aromatic N) is 1. The van der Waals surface area contributed by atoms with Crippen molar-refractivity contribution in [3.05, 3.63) is 59.7 Å². The standard InChI is InChI=1S/C28H34N2O5/c1-28(2,26(32)33)30(3)25(31)22-15-5-4-6-16-24(22)29-27(34)35-17-23-20-13-9-7-11-18(20)19-12-8-10-14-21(19)23/h7-14,22-24H,4-6,15-17H2,1-3H3,(H,29,34)(H,32,33)/t22-,24+/m0/s1. The van der Waals surface area contributed by atoms with Crippen LogP contribution in [0.1, 0.15) is 63.0 Å². The van der Waals surface area contributed by atoms with Crippen LogP contribution in [0.5, 0.6) is 0 Å². The quantitative estimate of drug-likeness (QED) is 0.582. The molecule has 1 saturated carbocycles. The van der Waals surface area contributed by atoms with Gasteiger partial charge >= 0.3 is 12.1 Å². The Balaban J connectivity index is 1.45. The highest BCUT2D eigenvalue weighted by Gasteiger charge is 2.41. The zero-order valence-electron chi connectivity index (χ0n) is 20.6. The SMILES string of the molecule is CN(C(=O)[C@H]1CCCCC[C@H]1NC(=O)OCC1c2ccccc2-c2ccccc21)C(C)(C)C(=O)O. The average molecular weight is 479 g/mol. The molecule has 0 bridgehead atoms. The number of carbonyl (C=O) groups is 3. The maximum absolute atomic E-state index is 13.3. The molecule has 0 spiro atoms. The summed E-state index contributed by atoms with van der Waals surface area (Å²) in [5.74, 6) is -1.85. The smallest absolute Gasteiger partial charge is 0.407 e. The summed E-state index contributed by atoms with van der Waals surface area (Å²) in [7, 11) is 1.52. The summed E-state index contributed by atoms with van der Waals surface area (Å²) < 4.78 is 5.71. The van der Waals surface area contributed by atoms with Gasteiger partial charge in [0, 0.05) is 19.0 Å². The van der Waals surface area contributed by atoms with Crippen LogP contribution < -0.4 is 5.32 Å². The van der Waals surface area contributed by atoms with Crippen LogP contribution in [0.4, 0.5) is 4.79 Å². The molecule has 7 nitrogen and oxygen atoms in total. The van der Waals surface area contributed by atoms with E-state index in [1.165, 1.54) is 25.8 Å². The van der Waals surface area contributed by atoms with Gasteiger partial charge in [-0.1, -0.05) is 67.8 Å². The molecule has 0 saturated heterocycles. The number of amides is 2. The first-order chi connectivity index (χ1) is 16.7. The Labute approximate surface area is 206 Å². The number of carboxylic acids is 1. The molecule has 2 aliphatic rings. The van der Waals surface area contributed by atoms with Crippen molar-refractivity contribution in [2.75, 3.05) is 13.7 Å². The van der Waals surface area contributed by atoms with Crippen molar-refractivity contribution in [1.29, 1.82) is 0 Å². The first-order valence-electron chi connectivity index (χ1n) is 12.3. The number of benzene rings is 2. The number of alkyl carbamates (subject to hydrolysis) is 1. The number of likely N-dealkylation sites (N-methyl/N-ethyl adjacent to an activating group) is 1. The van der Waals surface area contributed by atoms with Gasteiger partial charge in [0.1, 0.15) is 12.1 Å². The lowest BCUT2D eigenvalue weighted by molar-refractivity contribution is -0.157. The average Bonchev–Trinajstić information content (AvgIpc) is 2.98. The Bertz CT molecular complexity index is 1070. The highest BCUT2D eigenvalue weighted by atomic mass is 16.5. The van der Waals surface area contributed by atoms with Crippen molar-refractivity contribution < 1.29 is 24.2 Å². The molecule has 0 aromatic heterocycles. The summed E-state index contributed by atoms with van der Waals surface area (Å²) in [6.45, 7) is 3.23. The van der Waals surface area contributed by atoms with E-state index in [4.69, 9.17) is 4.74 Å². The largest absolute Gasteiger partial charge is 0.480 e. The van der Waals surface area contributed by atoms with E-state index < -0.39 is 29.6 Å². The minimum atomic E-state index is -1.34. The van der Waals surface area contributed by atoms with Gasteiger partial charge in [-0.25, -0.2) is 9.59 Å². The van der Waals surface area contributed by atoms with Crippen LogP contribution >= 0.6 is 0 Å². The zero-order valence-corrected chi connectivity index (χ0v) is 20.6. The van der Waals surface area contributed by atoms with Gasteiger partial charge in [-0.05, 0) is 48.9 Å². The number of carbonyl (C=O) groups excluding carboxylic acids is 2. The van der Waals surface area contributed by atoms with Crippen molar-refractivity contribution in [2.24, 2.45) is 5.92 Å². The molecule has 2 atom stereocenters. The second-order valence-electron chi connectivity index (χ2n) is 10.1. The van der Waals surface area contributed by atoms with Gasteiger partial charge in [0.15, 0.2) is 0 Å². The van der Waals surface area contributed by atoms with Gasteiger partial charge in [0.25, 0.3) is 0 Å². The summed E-state index contributed by atoms with van der Waals surface area (Å²) in [4.78, 5) is 39.2. The van der Waals surface area contributed by atoms with E-state index in [0.717, 1.165) is 41.5 Å². The van der Waals surface area contributed by atoms with E-state index in [1.54, 1.807) is 0 Å². The predicted octanol–water partition coefficient (Wildman–Crippen LogP) is 4.80. The van der Waals surface area contributed by atoms with Crippen LogP contribution in [0.3, 0.4) is 0 Å². The molecule has 4 rings (SSSR count). The fourth-order valence-electron chi connectivity index (χ4n) is 5.24. The van der Waals surface area contributed by atoms with E-state index in [9.17, 15) is 19.5 Å². The Kier molecular flexibility index (Phi) is 7.15. The highest BCUT2D eigenvalue weighted by molar-refractivity contribution is 5.88. The molecule has 7 heteroatoms. The lowest BCUT2D eigenvalue weighted by Gasteiger charge is -2.36. The van der Waals surface area contributed by atoms with Gasteiger partial charge in [-0.3, -0.25) is 4.79 Å². The first-order valence-corrected chi connectivity index (χ1v) is 12.3. The Hall–Kier alpha value is -3.35. The number of nitrogens with one attached hydrogen (secondary N) is 1. The van der Waals surface area contributed by atoms with E-state index in [0.29, 0.717) is 12.8 Å². The van der Waals surface area contributed by atoms with E-state index in [-0.39, 0.29) is 18.4 Å². The molecule has 0 radical (unpaired) electrons. The van der Waals surface area contributed by atoms with Gasteiger partial charge in [0.05, 0.1) is 5.92 Å². The van der Waals surface area contributed by atoms with Crippen molar-refractivity contribution in [2.45, 2.75) is 63.5 Å². The molecule has 35 heavy (non-hydrogen) atoms. The van der Waals surface area contributed by atoms with Gasteiger partial charge in [-0.2, -0.15) is 0 Å². The van der Waals surface area contributed by atoms with Crippen LogP contribution in [0.2, 0.25) is 0 Å².